The van der Waals surface area contributed by atoms with Gasteiger partial charge in [-0.05, 0) is 66.1 Å². The van der Waals surface area contributed by atoms with E-state index in [1.54, 1.807) is 11.6 Å². The molecule has 0 saturated carbocycles. The lowest BCUT2D eigenvalue weighted by Gasteiger charge is -2.30. The van der Waals surface area contributed by atoms with Crippen molar-refractivity contribution in [2.45, 2.75) is 38.8 Å². The summed E-state index contributed by atoms with van der Waals surface area (Å²) in [7, 11) is 0. The largest absolute Gasteiger partial charge is 0.361 e. The number of para-hydroxylation sites is 1. The zero-order valence-electron chi connectivity index (χ0n) is 20.0. The molecule has 3 N–H and O–H groups in total. The molecule has 5 heteroatoms. The number of benzene rings is 3. The maximum atomic E-state index is 11.4. The number of amides is 1. The monoisotopic (exact) mass is 465 g/mol. The molecule has 1 aliphatic rings. The molecule has 0 saturated heterocycles. The van der Waals surface area contributed by atoms with E-state index in [0.29, 0.717) is 6.04 Å². The van der Waals surface area contributed by atoms with Gasteiger partial charge in [-0.1, -0.05) is 66.2 Å². The summed E-state index contributed by atoms with van der Waals surface area (Å²) in [6, 6.07) is 24.1. The van der Waals surface area contributed by atoms with Gasteiger partial charge in [-0.3, -0.25) is 14.9 Å². The lowest BCUT2D eigenvalue weighted by molar-refractivity contribution is -0.124. The molecule has 1 amide bonds. The SMILES string of the molecule is Cc1cccc(CN(CCc2c[nH]c3ccccc23)C2CCc3cc(/C=C/C(=O)NO)ccc32)c1. The third-order valence-electron chi connectivity index (χ3n) is 7.00. The van der Waals surface area contributed by atoms with Crippen LogP contribution >= 0.6 is 0 Å². The molecule has 1 atom stereocenters. The Hall–Kier alpha value is -3.67. The van der Waals surface area contributed by atoms with E-state index in [4.69, 9.17) is 5.21 Å². The molecule has 178 valence electrons. The van der Waals surface area contributed by atoms with E-state index in [9.17, 15) is 4.79 Å². The Balaban J connectivity index is 1.40. The van der Waals surface area contributed by atoms with Gasteiger partial charge in [-0.2, -0.15) is 0 Å². The number of fused-ring (bicyclic) bond motifs is 2. The van der Waals surface area contributed by atoms with Crippen LogP contribution in [0.15, 0.2) is 79.0 Å². The van der Waals surface area contributed by atoms with Gasteiger partial charge in [-0.25, -0.2) is 5.48 Å². The number of aromatic nitrogens is 1. The van der Waals surface area contributed by atoms with Crippen LogP contribution in [0.2, 0.25) is 0 Å². The summed E-state index contributed by atoms with van der Waals surface area (Å²) < 4.78 is 0. The molecule has 35 heavy (non-hydrogen) atoms. The van der Waals surface area contributed by atoms with E-state index in [-0.39, 0.29) is 0 Å². The lowest BCUT2D eigenvalue weighted by Crippen LogP contribution is -2.29. The predicted octanol–water partition coefficient (Wildman–Crippen LogP) is 5.73. The molecule has 0 aliphatic heterocycles. The number of hydrogen-bond donors (Lipinski definition) is 3. The van der Waals surface area contributed by atoms with E-state index < -0.39 is 5.91 Å². The van der Waals surface area contributed by atoms with Gasteiger partial charge < -0.3 is 4.98 Å². The smallest absolute Gasteiger partial charge is 0.267 e. The van der Waals surface area contributed by atoms with Crippen LogP contribution in [0.3, 0.4) is 0 Å². The Morgan fingerprint density at radius 3 is 2.89 bits per heavy atom. The van der Waals surface area contributed by atoms with Crippen molar-refractivity contribution in [2.75, 3.05) is 6.54 Å². The molecule has 1 unspecified atom stereocenters. The number of nitrogens with zero attached hydrogens (tertiary/aromatic N) is 1. The number of nitrogens with one attached hydrogen (secondary N) is 2. The van der Waals surface area contributed by atoms with Gasteiger partial charge in [0.25, 0.3) is 5.91 Å². The molecule has 0 spiro atoms. The van der Waals surface area contributed by atoms with Crippen molar-refractivity contribution in [2.24, 2.45) is 0 Å². The number of hydroxylamine groups is 1. The van der Waals surface area contributed by atoms with Crippen LogP contribution < -0.4 is 5.48 Å². The quantitative estimate of drug-likeness (QED) is 0.177. The highest BCUT2D eigenvalue weighted by atomic mass is 16.5. The maximum absolute atomic E-state index is 11.4. The first-order valence-corrected chi connectivity index (χ1v) is 12.2. The molecule has 3 aromatic carbocycles. The first-order valence-electron chi connectivity index (χ1n) is 12.2. The molecule has 1 aliphatic carbocycles. The van der Waals surface area contributed by atoms with Gasteiger partial charge in [0.15, 0.2) is 0 Å². The van der Waals surface area contributed by atoms with Crippen molar-refractivity contribution in [1.29, 1.82) is 0 Å². The van der Waals surface area contributed by atoms with Crippen LogP contribution in [0.5, 0.6) is 0 Å². The standard InChI is InChI=1S/C30H31N3O2/c1-21-5-4-6-23(17-21)20-33(16-15-25-19-31-28-8-3-2-7-26(25)28)29-13-11-24-18-22(9-12-27(24)29)10-14-30(34)32-35/h2-10,12,14,17-19,29,31,35H,11,13,15-16,20H2,1H3,(H,32,34)/b14-10+. The number of rotatable bonds is 8. The fourth-order valence-electron chi connectivity index (χ4n) is 5.30. The fraction of sp³-hybridized carbons (Fsp3) is 0.233. The van der Waals surface area contributed by atoms with Gasteiger partial charge in [0.1, 0.15) is 0 Å². The third-order valence-corrected chi connectivity index (χ3v) is 7.00. The predicted molar refractivity (Wildman–Crippen MR) is 140 cm³/mol. The van der Waals surface area contributed by atoms with Crippen molar-refractivity contribution in [1.82, 2.24) is 15.4 Å². The summed E-state index contributed by atoms with van der Waals surface area (Å²) in [5, 5.41) is 10.0. The molecule has 5 rings (SSSR count). The van der Waals surface area contributed by atoms with Gasteiger partial charge in [0.2, 0.25) is 0 Å². The fourth-order valence-corrected chi connectivity index (χ4v) is 5.30. The Bertz CT molecular complexity index is 1370. The summed E-state index contributed by atoms with van der Waals surface area (Å²) in [5.41, 5.74) is 10.5. The normalized spacial score (nSPS) is 15.2. The van der Waals surface area contributed by atoms with Crippen LogP contribution in [0.1, 0.15) is 45.8 Å². The first kappa shape index (κ1) is 23.1. The highest BCUT2D eigenvalue weighted by Crippen LogP contribution is 2.37. The number of carbonyl (C=O) groups excluding carboxylic acids is 1. The number of carbonyl (C=O) groups is 1. The van der Waals surface area contributed by atoms with Gasteiger partial charge >= 0.3 is 0 Å². The van der Waals surface area contributed by atoms with E-state index in [1.165, 1.54) is 44.8 Å². The van der Waals surface area contributed by atoms with Crippen LogP contribution in [0.4, 0.5) is 0 Å². The second-order valence-electron chi connectivity index (χ2n) is 9.39. The third kappa shape index (κ3) is 5.21. The van der Waals surface area contributed by atoms with Gasteiger partial charge in [-0.15, -0.1) is 0 Å². The number of H-pyrrole nitrogens is 1. The molecule has 4 aromatic rings. The Kier molecular flexibility index (Phi) is 6.80. The van der Waals surface area contributed by atoms with E-state index in [1.807, 2.05) is 0 Å². The average molecular weight is 466 g/mol. The minimum absolute atomic E-state index is 0.356. The number of aromatic amines is 1. The molecule has 1 aromatic heterocycles. The van der Waals surface area contributed by atoms with Crippen LogP contribution in [-0.2, 0) is 24.2 Å². The molecule has 0 bridgehead atoms. The first-order chi connectivity index (χ1) is 17.1. The van der Waals surface area contributed by atoms with Gasteiger partial charge in [0, 0.05) is 42.3 Å². The lowest BCUT2D eigenvalue weighted by atomic mass is 10.0. The van der Waals surface area contributed by atoms with Crippen LogP contribution in [0, 0.1) is 6.92 Å². The topological polar surface area (TPSA) is 68.4 Å². The summed E-state index contributed by atoms with van der Waals surface area (Å²) in [6.07, 6.45) is 8.32. The second kappa shape index (κ2) is 10.3. The van der Waals surface area contributed by atoms with Crippen molar-refractivity contribution in [3.05, 3.63) is 112 Å². The minimum Gasteiger partial charge on any atom is -0.361 e. The highest BCUT2D eigenvalue weighted by Gasteiger charge is 2.28. The van der Waals surface area contributed by atoms with Crippen molar-refractivity contribution in [3.63, 3.8) is 0 Å². The molecule has 0 fully saturated rings. The van der Waals surface area contributed by atoms with Crippen molar-refractivity contribution in [3.8, 4) is 0 Å². The average Bonchev–Trinajstić information content (AvgIpc) is 3.49. The number of aryl methyl sites for hydroxylation is 2. The maximum Gasteiger partial charge on any atom is 0.267 e. The minimum atomic E-state index is -0.523. The zero-order valence-corrected chi connectivity index (χ0v) is 20.0. The molecule has 0 radical (unpaired) electrons. The Morgan fingerprint density at radius 2 is 2.03 bits per heavy atom. The van der Waals surface area contributed by atoms with Gasteiger partial charge in [0.05, 0.1) is 0 Å². The van der Waals surface area contributed by atoms with Crippen LogP contribution in [0.25, 0.3) is 17.0 Å². The highest BCUT2D eigenvalue weighted by molar-refractivity contribution is 5.90. The van der Waals surface area contributed by atoms with Crippen molar-refractivity contribution >= 4 is 22.9 Å². The molecule has 1 heterocycles. The number of hydrogen-bond acceptors (Lipinski definition) is 3. The Morgan fingerprint density at radius 1 is 1.14 bits per heavy atom. The van der Waals surface area contributed by atoms with E-state index in [2.05, 4.69) is 89.7 Å². The molecular formula is C30H31N3O2. The Labute approximate surface area is 206 Å². The summed E-state index contributed by atoms with van der Waals surface area (Å²) >= 11 is 0. The summed E-state index contributed by atoms with van der Waals surface area (Å²) in [4.78, 5) is 17.4. The van der Waals surface area contributed by atoms with Crippen molar-refractivity contribution < 1.29 is 10.0 Å². The molecular weight excluding hydrogens is 434 g/mol. The zero-order chi connectivity index (χ0) is 24.2. The van der Waals surface area contributed by atoms with Crippen LogP contribution in [-0.4, -0.2) is 27.5 Å². The van der Waals surface area contributed by atoms with E-state index in [0.717, 1.165) is 37.9 Å². The summed E-state index contributed by atoms with van der Waals surface area (Å²) in [5.74, 6) is -0.523. The summed E-state index contributed by atoms with van der Waals surface area (Å²) in [6.45, 7) is 4.03. The van der Waals surface area contributed by atoms with E-state index >= 15 is 0 Å². The molecule has 5 nitrogen and oxygen atoms in total. The second-order valence-corrected chi connectivity index (χ2v) is 9.39.